The Morgan fingerprint density at radius 3 is 2.67 bits per heavy atom. The van der Waals surface area contributed by atoms with Crippen LogP contribution in [0.4, 0.5) is 5.82 Å². The normalized spacial score (nSPS) is 10.3. The van der Waals surface area contributed by atoms with Gasteiger partial charge in [-0.2, -0.15) is 5.10 Å². The van der Waals surface area contributed by atoms with Gasteiger partial charge in [-0.05, 0) is 37.1 Å². The first kappa shape index (κ1) is 9.58. The van der Waals surface area contributed by atoms with Gasteiger partial charge in [0, 0.05) is 0 Å². The van der Waals surface area contributed by atoms with Gasteiger partial charge < -0.3 is 10.5 Å². The quantitative estimate of drug-likeness (QED) is 0.787. The first-order valence-corrected chi connectivity index (χ1v) is 4.71. The molecule has 0 aliphatic heterocycles. The smallest absolute Gasteiger partial charge is 0.188 e. The highest BCUT2D eigenvalue weighted by Crippen LogP contribution is 2.26. The highest BCUT2D eigenvalue weighted by molar-refractivity contribution is 5.46. The van der Waals surface area contributed by atoms with Crippen LogP contribution >= 0.6 is 0 Å². The Hall–Kier alpha value is -1.97. The highest BCUT2D eigenvalue weighted by Gasteiger charge is 2.04. The molecule has 3 N–H and O–H groups in total. The predicted molar refractivity (Wildman–Crippen MR) is 59.0 cm³/mol. The van der Waals surface area contributed by atoms with Crippen LogP contribution in [0.15, 0.2) is 24.4 Å². The summed E-state index contributed by atoms with van der Waals surface area (Å²) >= 11 is 0. The highest BCUT2D eigenvalue weighted by atomic mass is 16.5. The molecule has 1 heterocycles. The second-order valence-electron chi connectivity index (χ2n) is 3.50. The summed E-state index contributed by atoms with van der Waals surface area (Å²) in [6, 6.07) is 5.90. The fraction of sp³-hybridized carbons (Fsp3) is 0.182. The third kappa shape index (κ3) is 1.93. The lowest BCUT2D eigenvalue weighted by Gasteiger charge is -2.06. The Balaban J connectivity index is 2.25. The van der Waals surface area contributed by atoms with Crippen LogP contribution in [0.3, 0.4) is 0 Å². The second-order valence-corrected chi connectivity index (χ2v) is 3.50. The summed E-state index contributed by atoms with van der Waals surface area (Å²) in [4.78, 5) is 0. The number of nitrogen functional groups attached to an aromatic ring is 1. The molecule has 0 spiro atoms. The van der Waals surface area contributed by atoms with Crippen LogP contribution in [0.25, 0.3) is 0 Å². The van der Waals surface area contributed by atoms with Crippen molar-refractivity contribution in [2.45, 2.75) is 13.8 Å². The van der Waals surface area contributed by atoms with Gasteiger partial charge in [0.1, 0.15) is 5.75 Å². The van der Waals surface area contributed by atoms with E-state index in [0.29, 0.717) is 11.6 Å². The number of nitrogens with one attached hydrogen (secondary N) is 1. The molecule has 2 aromatic rings. The molecule has 4 nitrogen and oxygen atoms in total. The van der Waals surface area contributed by atoms with Crippen molar-refractivity contribution in [3.8, 4) is 11.5 Å². The number of rotatable bonds is 2. The zero-order chi connectivity index (χ0) is 10.8. The average Bonchev–Trinajstić information content (AvgIpc) is 2.59. The van der Waals surface area contributed by atoms with Crippen molar-refractivity contribution in [1.29, 1.82) is 0 Å². The number of nitrogens with zero attached hydrogens (tertiary/aromatic N) is 1. The molecule has 0 saturated heterocycles. The van der Waals surface area contributed by atoms with E-state index in [2.05, 4.69) is 17.1 Å². The van der Waals surface area contributed by atoms with Gasteiger partial charge in [0.05, 0.1) is 6.20 Å². The number of ether oxygens (including phenoxy) is 1. The molecule has 2 rings (SSSR count). The number of benzene rings is 1. The minimum atomic E-state index is 0.438. The van der Waals surface area contributed by atoms with Crippen molar-refractivity contribution in [2.24, 2.45) is 0 Å². The van der Waals surface area contributed by atoms with Crippen LogP contribution in [0.2, 0.25) is 0 Å². The summed E-state index contributed by atoms with van der Waals surface area (Å²) in [5.41, 5.74) is 8.04. The van der Waals surface area contributed by atoms with Crippen molar-refractivity contribution >= 4 is 5.82 Å². The number of aromatic amines is 1. The third-order valence-electron chi connectivity index (χ3n) is 2.34. The molecule has 0 radical (unpaired) electrons. The molecule has 1 aromatic carbocycles. The largest absolute Gasteiger partial charge is 0.452 e. The second kappa shape index (κ2) is 3.65. The summed E-state index contributed by atoms with van der Waals surface area (Å²) in [5.74, 6) is 1.76. The van der Waals surface area contributed by atoms with Crippen molar-refractivity contribution in [3.63, 3.8) is 0 Å². The molecule has 0 aliphatic rings. The van der Waals surface area contributed by atoms with Crippen LogP contribution in [0, 0.1) is 13.8 Å². The van der Waals surface area contributed by atoms with E-state index in [1.165, 1.54) is 11.1 Å². The Kier molecular flexibility index (Phi) is 2.33. The predicted octanol–water partition coefficient (Wildman–Crippen LogP) is 2.40. The summed E-state index contributed by atoms with van der Waals surface area (Å²) < 4.78 is 5.57. The van der Waals surface area contributed by atoms with Gasteiger partial charge >= 0.3 is 0 Å². The van der Waals surface area contributed by atoms with Crippen LogP contribution in [-0.4, -0.2) is 10.2 Å². The first-order valence-electron chi connectivity index (χ1n) is 4.71. The standard InChI is InChI=1S/C11H13N3O/c1-7-3-4-9(5-8(7)2)15-10-6-13-14-11(10)12/h3-6H,1-2H3,(H3,12,13,14). The van der Waals surface area contributed by atoms with Gasteiger partial charge in [-0.1, -0.05) is 6.07 Å². The lowest BCUT2D eigenvalue weighted by Crippen LogP contribution is -1.90. The first-order chi connectivity index (χ1) is 7.16. The Bertz CT molecular complexity index is 476. The molecular weight excluding hydrogens is 190 g/mol. The average molecular weight is 203 g/mol. The van der Waals surface area contributed by atoms with E-state index in [1.807, 2.05) is 25.1 Å². The molecule has 0 saturated carbocycles. The fourth-order valence-electron chi connectivity index (χ4n) is 1.27. The lowest BCUT2D eigenvalue weighted by atomic mass is 10.1. The number of nitrogens with two attached hydrogens (primary N) is 1. The van der Waals surface area contributed by atoms with Gasteiger partial charge in [-0.3, -0.25) is 5.10 Å². The van der Waals surface area contributed by atoms with Gasteiger partial charge in [0.2, 0.25) is 0 Å². The minimum absolute atomic E-state index is 0.438. The van der Waals surface area contributed by atoms with Gasteiger partial charge in [0.25, 0.3) is 0 Å². The third-order valence-corrected chi connectivity index (χ3v) is 2.34. The number of hydrogen-bond acceptors (Lipinski definition) is 3. The van der Waals surface area contributed by atoms with Gasteiger partial charge in [-0.15, -0.1) is 0 Å². The number of H-pyrrole nitrogens is 1. The minimum Gasteiger partial charge on any atom is -0.452 e. The van der Waals surface area contributed by atoms with E-state index < -0.39 is 0 Å². The van der Waals surface area contributed by atoms with Crippen molar-refractivity contribution in [3.05, 3.63) is 35.5 Å². The summed E-state index contributed by atoms with van der Waals surface area (Å²) in [5, 5.41) is 6.40. The van der Waals surface area contributed by atoms with E-state index in [1.54, 1.807) is 6.20 Å². The van der Waals surface area contributed by atoms with Gasteiger partial charge in [-0.25, -0.2) is 0 Å². The maximum atomic E-state index is 5.61. The molecule has 0 unspecified atom stereocenters. The summed E-state index contributed by atoms with van der Waals surface area (Å²) in [6.45, 7) is 4.10. The molecule has 0 fully saturated rings. The van der Waals surface area contributed by atoms with Crippen LogP contribution in [-0.2, 0) is 0 Å². The van der Waals surface area contributed by atoms with Crippen LogP contribution in [0.1, 0.15) is 11.1 Å². The van der Waals surface area contributed by atoms with E-state index in [9.17, 15) is 0 Å². The molecular formula is C11H13N3O. The van der Waals surface area contributed by atoms with Crippen molar-refractivity contribution in [1.82, 2.24) is 10.2 Å². The maximum absolute atomic E-state index is 5.61. The Morgan fingerprint density at radius 1 is 1.27 bits per heavy atom. The zero-order valence-corrected chi connectivity index (χ0v) is 8.74. The van der Waals surface area contributed by atoms with Crippen molar-refractivity contribution < 1.29 is 4.74 Å². The number of aromatic nitrogens is 2. The lowest BCUT2D eigenvalue weighted by molar-refractivity contribution is 0.484. The fourth-order valence-corrected chi connectivity index (χ4v) is 1.27. The van der Waals surface area contributed by atoms with Crippen LogP contribution < -0.4 is 10.5 Å². The monoisotopic (exact) mass is 203 g/mol. The zero-order valence-electron chi connectivity index (χ0n) is 8.74. The molecule has 0 aliphatic carbocycles. The number of hydrogen-bond donors (Lipinski definition) is 2. The molecule has 0 bridgehead atoms. The molecule has 1 aromatic heterocycles. The van der Waals surface area contributed by atoms with Gasteiger partial charge in [0.15, 0.2) is 11.6 Å². The molecule has 0 amide bonds. The van der Waals surface area contributed by atoms with E-state index >= 15 is 0 Å². The van der Waals surface area contributed by atoms with Crippen molar-refractivity contribution in [2.75, 3.05) is 5.73 Å². The number of anilines is 1. The maximum Gasteiger partial charge on any atom is 0.188 e. The van der Waals surface area contributed by atoms with E-state index in [4.69, 9.17) is 10.5 Å². The topological polar surface area (TPSA) is 63.9 Å². The summed E-state index contributed by atoms with van der Waals surface area (Å²) in [7, 11) is 0. The van der Waals surface area contributed by atoms with E-state index in [-0.39, 0.29) is 0 Å². The SMILES string of the molecule is Cc1ccc(Oc2cn[nH]c2N)cc1C. The van der Waals surface area contributed by atoms with Crippen LogP contribution in [0.5, 0.6) is 11.5 Å². The summed E-state index contributed by atoms with van der Waals surface area (Å²) in [6.07, 6.45) is 1.56. The molecule has 0 atom stereocenters. The Morgan fingerprint density at radius 2 is 2.07 bits per heavy atom. The molecule has 15 heavy (non-hydrogen) atoms. The molecule has 4 heteroatoms. The Labute approximate surface area is 88.1 Å². The van der Waals surface area contributed by atoms with E-state index in [0.717, 1.165) is 5.75 Å². The number of aryl methyl sites for hydroxylation is 2. The molecule has 78 valence electrons.